The monoisotopic (exact) mass is 233 g/mol. The molecule has 0 bridgehead atoms. The predicted octanol–water partition coefficient (Wildman–Crippen LogP) is 2.50. The van der Waals surface area contributed by atoms with Crippen LogP contribution in [-0.2, 0) is 0 Å². The van der Waals surface area contributed by atoms with E-state index in [4.69, 9.17) is 5.73 Å². The molecule has 0 radical (unpaired) electrons. The summed E-state index contributed by atoms with van der Waals surface area (Å²) in [5, 5.41) is 5.80. The third-order valence-electron chi connectivity index (χ3n) is 3.39. The highest BCUT2D eigenvalue weighted by molar-refractivity contribution is 5.91. The van der Waals surface area contributed by atoms with Gasteiger partial charge in [0.1, 0.15) is 0 Å². The van der Waals surface area contributed by atoms with E-state index in [0.717, 1.165) is 24.1 Å². The normalized spacial score (nSPS) is 22.0. The van der Waals surface area contributed by atoms with Gasteiger partial charge in [-0.2, -0.15) is 0 Å². The summed E-state index contributed by atoms with van der Waals surface area (Å²) in [5.74, 6) is 0.655. The van der Waals surface area contributed by atoms with Crippen LogP contribution in [0.2, 0.25) is 0 Å². The van der Waals surface area contributed by atoms with Gasteiger partial charge < -0.3 is 16.4 Å². The van der Waals surface area contributed by atoms with Crippen LogP contribution in [0, 0.1) is 12.8 Å². The van der Waals surface area contributed by atoms with Gasteiger partial charge >= 0.3 is 6.03 Å². The number of nitrogen functional groups attached to an aromatic ring is 1. The molecule has 0 aliphatic heterocycles. The summed E-state index contributed by atoms with van der Waals surface area (Å²) < 4.78 is 0. The van der Waals surface area contributed by atoms with Crippen molar-refractivity contribution in [3.8, 4) is 0 Å². The van der Waals surface area contributed by atoms with Crippen molar-refractivity contribution in [1.29, 1.82) is 0 Å². The Labute approximate surface area is 102 Å². The van der Waals surface area contributed by atoms with Crippen molar-refractivity contribution in [2.24, 2.45) is 5.92 Å². The Kier molecular flexibility index (Phi) is 3.22. The van der Waals surface area contributed by atoms with Gasteiger partial charge in [-0.3, -0.25) is 0 Å². The molecule has 1 aromatic carbocycles. The van der Waals surface area contributed by atoms with Gasteiger partial charge in [-0.1, -0.05) is 19.4 Å². The van der Waals surface area contributed by atoms with Crippen molar-refractivity contribution < 1.29 is 4.79 Å². The Morgan fingerprint density at radius 3 is 2.94 bits per heavy atom. The Bertz CT molecular complexity index is 431. The van der Waals surface area contributed by atoms with E-state index in [0.29, 0.717) is 17.6 Å². The van der Waals surface area contributed by atoms with Gasteiger partial charge in [0, 0.05) is 17.4 Å². The first kappa shape index (κ1) is 11.8. The fraction of sp³-hybridized carbons (Fsp3) is 0.462. The molecule has 2 amide bonds. The molecule has 17 heavy (non-hydrogen) atoms. The van der Waals surface area contributed by atoms with Gasteiger partial charge in [0.25, 0.3) is 0 Å². The van der Waals surface area contributed by atoms with Crippen molar-refractivity contribution in [3.63, 3.8) is 0 Å². The molecule has 0 aromatic heterocycles. The maximum absolute atomic E-state index is 11.7. The third kappa shape index (κ3) is 2.70. The first-order valence-corrected chi connectivity index (χ1v) is 6.04. The van der Waals surface area contributed by atoms with E-state index in [1.165, 1.54) is 0 Å². The van der Waals surface area contributed by atoms with E-state index < -0.39 is 0 Å². The first-order valence-electron chi connectivity index (χ1n) is 6.04. The molecule has 1 fully saturated rings. The highest BCUT2D eigenvalue weighted by Crippen LogP contribution is 2.33. The summed E-state index contributed by atoms with van der Waals surface area (Å²) in [6, 6.07) is 5.73. The van der Waals surface area contributed by atoms with E-state index in [9.17, 15) is 4.79 Å². The molecule has 1 aliphatic carbocycles. The molecular weight excluding hydrogens is 214 g/mol. The summed E-state index contributed by atoms with van der Waals surface area (Å²) in [6.07, 6.45) is 2.22. The number of nitrogens with one attached hydrogen (secondary N) is 2. The third-order valence-corrected chi connectivity index (χ3v) is 3.39. The molecule has 2 rings (SSSR count). The van der Waals surface area contributed by atoms with Crippen LogP contribution in [0.5, 0.6) is 0 Å². The minimum atomic E-state index is -0.139. The molecule has 4 nitrogen and oxygen atoms in total. The zero-order chi connectivity index (χ0) is 12.4. The average Bonchev–Trinajstić information content (AvgIpc) is 3.03. The Morgan fingerprint density at radius 2 is 2.29 bits per heavy atom. The number of benzene rings is 1. The van der Waals surface area contributed by atoms with Crippen molar-refractivity contribution >= 4 is 17.4 Å². The van der Waals surface area contributed by atoms with E-state index in [1.54, 1.807) is 0 Å². The molecule has 0 saturated heterocycles. The number of carbonyl (C=O) groups excluding carboxylic acids is 1. The van der Waals surface area contributed by atoms with Crippen LogP contribution in [0.15, 0.2) is 18.2 Å². The van der Waals surface area contributed by atoms with Crippen molar-refractivity contribution in [1.82, 2.24) is 5.32 Å². The maximum atomic E-state index is 11.7. The smallest absolute Gasteiger partial charge is 0.319 e. The fourth-order valence-electron chi connectivity index (χ4n) is 1.99. The fourth-order valence-corrected chi connectivity index (χ4v) is 1.99. The second-order valence-electron chi connectivity index (χ2n) is 4.63. The van der Waals surface area contributed by atoms with E-state index >= 15 is 0 Å². The Balaban J connectivity index is 1.92. The molecule has 2 unspecified atom stereocenters. The molecule has 4 N–H and O–H groups in total. The number of carbonyl (C=O) groups is 1. The lowest BCUT2D eigenvalue weighted by Gasteiger charge is -2.11. The summed E-state index contributed by atoms with van der Waals surface area (Å²) in [4.78, 5) is 11.7. The van der Waals surface area contributed by atoms with E-state index in [2.05, 4.69) is 17.6 Å². The van der Waals surface area contributed by atoms with Gasteiger partial charge in [-0.25, -0.2) is 4.79 Å². The lowest BCUT2D eigenvalue weighted by atomic mass is 10.1. The van der Waals surface area contributed by atoms with E-state index in [1.807, 2.05) is 25.1 Å². The second kappa shape index (κ2) is 4.65. The van der Waals surface area contributed by atoms with E-state index in [-0.39, 0.29) is 6.03 Å². The SMILES string of the molecule is CCC1CC1NC(=O)Nc1cccc(N)c1C. The molecular formula is C13H19N3O. The number of anilines is 2. The van der Waals surface area contributed by atoms with Crippen molar-refractivity contribution in [2.45, 2.75) is 32.7 Å². The van der Waals surface area contributed by atoms with Crippen LogP contribution in [0.25, 0.3) is 0 Å². The second-order valence-corrected chi connectivity index (χ2v) is 4.63. The van der Waals surface area contributed by atoms with Gasteiger partial charge in [0.15, 0.2) is 0 Å². The lowest BCUT2D eigenvalue weighted by molar-refractivity contribution is 0.251. The standard InChI is InChI=1S/C13H19N3O/c1-3-9-7-12(9)16-13(17)15-11-6-4-5-10(14)8(11)2/h4-6,9,12H,3,7,14H2,1-2H3,(H2,15,16,17). The van der Waals surface area contributed by atoms with Crippen molar-refractivity contribution in [3.05, 3.63) is 23.8 Å². The Morgan fingerprint density at radius 1 is 1.53 bits per heavy atom. The summed E-state index contributed by atoms with van der Waals surface area (Å²) in [6.45, 7) is 4.04. The molecule has 1 aromatic rings. The molecule has 1 saturated carbocycles. The lowest BCUT2D eigenvalue weighted by Crippen LogP contribution is -2.31. The zero-order valence-electron chi connectivity index (χ0n) is 10.3. The predicted molar refractivity (Wildman–Crippen MR) is 69.9 cm³/mol. The van der Waals surface area contributed by atoms with Gasteiger partial charge in [0.05, 0.1) is 0 Å². The Hall–Kier alpha value is -1.71. The topological polar surface area (TPSA) is 67.2 Å². The van der Waals surface area contributed by atoms with Crippen LogP contribution >= 0.6 is 0 Å². The highest BCUT2D eigenvalue weighted by Gasteiger charge is 2.36. The zero-order valence-corrected chi connectivity index (χ0v) is 10.3. The number of hydrogen-bond acceptors (Lipinski definition) is 2. The average molecular weight is 233 g/mol. The van der Waals surface area contributed by atoms with Crippen LogP contribution in [0.4, 0.5) is 16.2 Å². The molecule has 0 spiro atoms. The molecule has 0 heterocycles. The molecule has 92 valence electrons. The molecule has 2 atom stereocenters. The van der Waals surface area contributed by atoms with Gasteiger partial charge in [-0.05, 0) is 37.0 Å². The van der Waals surface area contributed by atoms with Crippen LogP contribution < -0.4 is 16.4 Å². The largest absolute Gasteiger partial charge is 0.398 e. The maximum Gasteiger partial charge on any atom is 0.319 e. The van der Waals surface area contributed by atoms with Gasteiger partial charge in [0.2, 0.25) is 0 Å². The first-order chi connectivity index (χ1) is 8.11. The number of nitrogens with two attached hydrogens (primary N) is 1. The molecule has 4 heteroatoms. The number of amides is 2. The number of urea groups is 1. The summed E-state index contributed by atoms with van der Waals surface area (Å²) >= 11 is 0. The quantitative estimate of drug-likeness (QED) is 0.702. The molecule has 1 aliphatic rings. The summed E-state index contributed by atoms with van der Waals surface area (Å²) in [5.41, 5.74) is 8.16. The van der Waals surface area contributed by atoms with Crippen LogP contribution in [0.1, 0.15) is 25.3 Å². The minimum absolute atomic E-state index is 0.139. The number of rotatable bonds is 3. The number of hydrogen-bond donors (Lipinski definition) is 3. The van der Waals surface area contributed by atoms with Crippen molar-refractivity contribution in [2.75, 3.05) is 11.1 Å². The highest BCUT2D eigenvalue weighted by atomic mass is 16.2. The minimum Gasteiger partial charge on any atom is -0.398 e. The van der Waals surface area contributed by atoms with Crippen LogP contribution in [0.3, 0.4) is 0 Å². The van der Waals surface area contributed by atoms with Gasteiger partial charge in [-0.15, -0.1) is 0 Å². The van der Waals surface area contributed by atoms with Crippen LogP contribution in [-0.4, -0.2) is 12.1 Å². The summed E-state index contributed by atoms with van der Waals surface area (Å²) in [7, 11) is 0.